The molecule has 14 heavy (non-hydrogen) atoms. The van der Waals surface area contributed by atoms with Crippen LogP contribution in [-0.2, 0) is 4.74 Å². The molecule has 2 unspecified atom stereocenters. The summed E-state index contributed by atoms with van der Waals surface area (Å²) in [5.74, 6) is 0.0145. The zero-order valence-electron chi connectivity index (χ0n) is 8.11. The summed E-state index contributed by atoms with van der Waals surface area (Å²) in [7, 11) is 0. The van der Waals surface area contributed by atoms with Crippen LogP contribution >= 0.6 is 0 Å². The minimum atomic E-state index is -0.233. The Morgan fingerprint density at radius 2 is 2.29 bits per heavy atom. The van der Waals surface area contributed by atoms with Crippen LogP contribution < -0.4 is 0 Å². The number of ether oxygens (including phenoxy) is 1. The molecule has 1 saturated carbocycles. The van der Waals surface area contributed by atoms with Gasteiger partial charge in [-0.15, -0.1) is 0 Å². The van der Waals surface area contributed by atoms with Gasteiger partial charge < -0.3 is 9.64 Å². The standard InChI is InChI=1S/C10H14N2O2/c11-7-8-3-1-4-9(8)12-5-2-6-14-10(12)13/h8-9H,1-6H2. The third kappa shape index (κ3) is 1.54. The van der Waals surface area contributed by atoms with Crippen molar-refractivity contribution in [3.8, 4) is 6.07 Å². The maximum Gasteiger partial charge on any atom is 0.410 e. The van der Waals surface area contributed by atoms with E-state index in [4.69, 9.17) is 10.00 Å². The summed E-state index contributed by atoms with van der Waals surface area (Å²) in [4.78, 5) is 13.2. The van der Waals surface area contributed by atoms with E-state index in [1.807, 2.05) is 0 Å². The van der Waals surface area contributed by atoms with Crippen LogP contribution in [0.5, 0.6) is 0 Å². The van der Waals surface area contributed by atoms with Gasteiger partial charge in [0.05, 0.1) is 24.6 Å². The monoisotopic (exact) mass is 194 g/mol. The molecule has 4 nitrogen and oxygen atoms in total. The number of hydrogen-bond acceptors (Lipinski definition) is 3. The second-order valence-corrected chi connectivity index (χ2v) is 3.90. The van der Waals surface area contributed by atoms with E-state index in [0.29, 0.717) is 6.61 Å². The van der Waals surface area contributed by atoms with Crippen LogP contribution in [0.25, 0.3) is 0 Å². The van der Waals surface area contributed by atoms with Crippen LogP contribution in [0.3, 0.4) is 0 Å². The molecule has 0 spiro atoms. The van der Waals surface area contributed by atoms with Crippen molar-refractivity contribution in [2.75, 3.05) is 13.2 Å². The van der Waals surface area contributed by atoms with Crippen molar-refractivity contribution < 1.29 is 9.53 Å². The van der Waals surface area contributed by atoms with Gasteiger partial charge in [-0.25, -0.2) is 4.79 Å². The number of hydrogen-bond donors (Lipinski definition) is 0. The molecule has 1 heterocycles. The van der Waals surface area contributed by atoms with Crippen molar-refractivity contribution in [3.05, 3.63) is 0 Å². The first-order valence-corrected chi connectivity index (χ1v) is 5.16. The molecule has 4 heteroatoms. The normalized spacial score (nSPS) is 32.5. The van der Waals surface area contributed by atoms with E-state index in [-0.39, 0.29) is 18.1 Å². The van der Waals surface area contributed by atoms with Crippen LogP contribution in [0.1, 0.15) is 25.7 Å². The van der Waals surface area contributed by atoms with E-state index in [2.05, 4.69) is 6.07 Å². The predicted molar refractivity (Wildman–Crippen MR) is 49.4 cm³/mol. The van der Waals surface area contributed by atoms with Gasteiger partial charge in [-0.3, -0.25) is 0 Å². The summed E-state index contributed by atoms with van der Waals surface area (Å²) in [6.07, 6.45) is 3.58. The Morgan fingerprint density at radius 3 is 3.00 bits per heavy atom. The first-order chi connectivity index (χ1) is 6.83. The molecule has 1 aliphatic heterocycles. The molecule has 2 rings (SSSR count). The molecular weight excluding hydrogens is 180 g/mol. The maximum absolute atomic E-state index is 11.4. The topological polar surface area (TPSA) is 53.3 Å². The van der Waals surface area contributed by atoms with Gasteiger partial charge >= 0.3 is 6.09 Å². The molecule has 1 aliphatic carbocycles. The van der Waals surface area contributed by atoms with Crippen LogP contribution in [0.15, 0.2) is 0 Å². The number of carbonyl (C=O) groups is 1. The van der Waals surface area contributed by atoms with Crippen LogP contribution in [0, 0.1) is 17.2 Å². The zero-order chi connectivity index (χ0) is 9.97. The van der Waals surface area contributed by atoms with Gasteiger partial charge in [0, 0.05) is 6.54 Å². The number of nitriles is 1. The third-order valence-electron chi connectivity index (χ3n) is 3.05. The zero-order valence-corrected chi connectivity index (χ0v) is 8.11. The van der Waals surface area contributed by atoms with Crippen molar-refractivity contribution in [2.24, 2.45) is 5.92 Å². The highest BCUT2D eigenvalue weighted by atomic mass is 16.6. The third-order valence-corrected chi connectivity index (χ3v) is 3.05. The Balaban J connectivity index is 2.06. The number of amides is 1. The summed E-state index contributed by atoms with van der Waals surface area (Å²) < 4.78 is 4.97. The van der Waals surface area contributed by atoms with Crippen molar-refractivity contribution in [2.45, 2.75) is 31.7 Å². The Morgan fingerprint density at radius 1 is 1.43 bits per heavy atom. The number of carbonyl (C=O) groups excluding carboxylic acids is 1. The number of cyclic esters (lactones) is 1. The first-order valence-electron chi connectivity index (χ1n) is 5.16. The molecule has 1 amide bonds. The lowest BCUT2D eigenvalue weighted by molar-refractivity contribution is 0.0513. The fourth-order valence-corrected chi connectivity index (χ4v) is 2.33. The molecule has 2 atom stereocenters. The van der Waals surface area contributed by atoms with Gasteiger partial charge in [-0.1, -0.05) is 0 Å². The number of rotatable bonds is 1. The van der Waals surface area contributed by atoms with Crippen molar-refractivity contribution >= 4 is 6.09 Å². The van der Waals surface area contributed by atoms with E-state index in [1.165, 1.54) is 0 Å². The highest BCUT2D eigenvalue weighted by molar-refractivity contribution is 5.68. The van der Waals surface area contributed by atoms with Crippen LogP contribution in [0.4, 0.5) is 4.79 Å². The molecule has 76 valence electrons. The average Bonchev–Trinajstić information content (AvgIpc) is 2.66. The highest BCUT2D eigenvalue weighted by Gasteiger charge is 2.36. The van der Waals surface area contributed by atoms with Gasteiger partial charge in [-0.05, 0) is 25.7 Å². The second kappa shape index (κ2) is 3.87. The molecule has 0 aromatic heterocycles. The Labute approximate surface area is 83.4 Å². The highest BCUT2D eigenvalue weighted by Crippen LogP contribution is 2.30. The van der Waals surface area contributed by atoms with E-state index in [1.54, 1.807) is 4.90 Å². The van der Waals surface area contributed by atoms with Crippen molar-refractivity contribution in [1.29, 1.82) is 5.26 Å². The van der Waals surface area contributed by atoms with Crippen LogP contribution in [-0.4, -0.2) is 30.2 Å². The Kier molecular flexibility index (Phi) is 2.58. The fraction of sp³-hybridized carbons (Fsp3) is 0.800. The van der Waals surface area contributed by atoms with Crippen LogP contribution in [0.2, 0.25) is 0 Å². The van der Waals surface area contributed by atoms with Gasteiger partial charge in [0.15, 0.2) is 0 Å². The molecule has 0 bridgehead atoms. The summed E-state index contributed by atoms with van der Waals surface area (Å²) in [5, 5.41) is 8.92. The van der Waals surface area contributed by atoms with Gasteiger partial charge in [0.25, 0.3) is 0 Å². The molecule has 2 fully saturated rings. The van der Waals surface area contributed by atoms with E-state index < -0.39 is 0 Å². The summed E-state index contributed by atoms with van der Waals surface area (Å²) in [6, 6.07) is 2.39. The minimum Gasteiger partial charge on any atom is -0.449 e. The molecule has 0 aromatic carbocycles. The average molecular weight is 194 g/mol. The molecular formula is C10H14N2O2. The molecule has 0 N–H and O–H groups in total. The summed E-state index contributed by atoms with van der Waals surface area (Å²) in [5.41, 5.74) is 0. The molecule has 1 saturated heterocycles. The largest absolute Gasteiger partial charge is 0.449 e. The summed E-state index contributed by atoms with van der Waals surface area (Å²) >= 11 is 0. The van der Waals surface area contributed by atoms with Crippen molar-refractivity contribution in [3.63, 3.8) is 0 Å². The Bertz CT molecular complexity index is 272. The fourth-order valence-electron chi connectivity index (χ4n) is 2.33. The maximum atomic E-state index is 11.4. The molecule has 0 radical (unpaired) electrons. The second-order valence-electron chi connectivity index (χ2n) is 3.90. The lowest BCUT2D eigenvalue weighted by Crippen LogP contribution is -2.46. The SMILES string of the molecule is N#CC1CCCC1N1CCCOC1=O. The van der Waals surface area contributed by atoms with Crippen molar-refractivity contribution in [1.82, 2.24) is 4.90 Å². The number of nitrogens with zero attached hydrogens (tertiary/aromatic N) is 2. The quantitative estimate of drug-likeness (QED) is 0.636. The molecule has 2 aliphatic rings. The lowest BCUT2D eigenvalue weighted by Gasteiger charge is -2.32. The minimum absolute atomic E-state index is 0.0145. The van der Waals surface area contributed by atoms with E-state index >= 15 is 0 Å². The predicted octanol–water partition coefficient (Wildman–Crippen LogP) is 1.52. The van der Waals surface area contributed by atoms with Gasteiger partial charge in [-0.2, -0.15) is 5.26 Å². The van der Waals surface area contributed by atoms with E-state index in [9.17, 15) is 4.79 Å². The molecule has 0 aromatic rings. The Hall–Kier alpha value is -1.24. The van der Waals surface area contributed by atoms with E-state index in [0.717, 1.165) is 32.2 Å². The lowest BCUT2D eigenvalue weighted by atomic mass is 10.0. The summed E-state index contributed by atoms with van der Waals surface area (Å²) in [6.45, 7) is 1.28. The smallest absolute Gasteiger partial charge is 0.410 e. The van der Waals surface area contributed by atoms with Gasteiger partial charge in [0.1, 0.15) is 0 Å². The van der Waals surface area contributed by atoms with Gasteiger partial charge in [0.2, 0.25) is 0 Å². The first kappa shape index (κ1) is 9.32.